The second-order valence-corrected chi connectivity index (χ2v) is 7.62. The molecule has 1 saturated heterocycles. The minimum Gasteiger partial charge on any atom is -0.496 e. The van der Waals surface area contributed by atoms with Gasteiger partial charge in [-0.05, 0) is 36.8 Å². The van der Waals surface area contributed by atoms with Crippen LogP contribution in [0.15, 0.2) is 55.0 Å². The third-order valence-electron chi connectivity index (χ3n) is 5.37. The number of hydrogen-bond acceptors (Lipinski definition) is 5. The zero-order valence-electron chi connectivity index (χ0n) is 17.2. The van der Waals surface area contributed by atoms with Crippen LogP contribution in [0.3, 0.4) is 0 Å². The van der Waals surface area contributed by atoms with E-state index in [9.17, 15) is 10.1 Å². The van der Waals surface area contributed by atoms with Crippen molar-refractivity contribution in [3.8, 4) is 17.5 Å². The third kappa shape index (κ3) is 4.21. The molecule has 1 aromatic carbocycles. The Hall–Kier alpha value is -3.50. The number of carbonyl (C=O) groups is 1. The van der Waals surface area contributed by atoms with Crippen molar-refractivity contribution in [1.29, 1.82) is 5.26 Å². The van der Waals surface area contributed by atoms with Crippen LogP contribution in [-0.2, 0) is 0 Å². The molecule has 158 valence electrons. The zero-order valence-corrected chi connectivity index (χ0v) is 17.9. The Morgan fingerprint density at radius 1 is 1.16 bits per heavy atom. The molecule has 0 N–H and O–H groups in total. The predicted octanol–water partition coefficient (Wildman–Crippen LogP) is 3.76. The summed E-state index contributed by atoms with van der Waals surface area (Å²) in [6, 6.07) is 13.0. The predicted molar refractivity (Wildman–Crippen MR) is 119 cm³/mol. The van der Waals surface area contributed by atoms with Crippen LogP contribution in [0, 0.1) is 11.3 Å². The van der Waals surface area contributed by atoms with Gasteiger partial charge in [0, 0.05) is 50.8 Å². The first-order valence-electron chi connectivity index (χ1n) is 10.0. The highest BCUT2D eigenvalue weighted by Crippen LogP contribution is 2.31. The lowest BCUT2D eigenvalue weighted by Gasteiger charge is -2.24. The molecule has 0 atom stereocenters. The Morgan fingerprint density at radius 3 is 2.71 bits per heavy atom. The van der Waals surface area contributed by atoms with Crippen LogP contribution in [-0.4, -0.2) is 53.6 Å². The molecule has 0 unspecified atom stereocenters. The highest BCUT2D eigenvalue weighted by atomic mass is 35.5. The number of anilines is 1. The van der Waals surface area contributed by atoms with Crippen LogP contribution in [0.1, 0.15) is 22.3 Å². The Morgan fingerprint density at radius 2 is 1.97 bits per heavy atom. The van der Waals surface area contributed by atoms with Crippen LogP contribution < -0.4 is 9.64 Å². The van der Waals surface area contributed by atoms with Crippen molar-refractivity contribution in [2.24, 2.45) is 0 Å². The molecule has 2 aromatic heterocycles. The van der Waals surface area contributed by atoms with E-state index in [1.54, 1.807) is 42.5 Å². The maximum atomic E-state index is 13.3. The first kappa shape index (κ1) is 20.8. The lowest BCUT2D eigenvalue weighted by atomic mass is 10.1. The molecule has 0 saturated carbocycles. The van der Waals surface area contributed by atoms with Crippen molar-refractivity contribution in [2.45, 2.75) is 6.42 Å². The number of halogens is 1. The van der Waals surface area contributed by atoms with Gasteiger partial charge in [-0.25, -0.2) is 4.98 Å². The van der Waals surface area contributed by atoms with Crippen molar-refractivity contribution < 1.29 is 9.53 Å². The van der Waals surface area contributed by atoms with E-state index in [2.05, 4.69) is 16.0 Å². The molecule has 1 fully saturated rings. The fourth-order valence-electron chi connectivity index (χ4n) is 3.81. The zero-order chi connectivity index (χ0) is 21.8. The Labute approximate surface area is 186 Å². The maximum Gasteiger partial charge on any atom is 0.257 e. The van der Waals surface area contributed by atoms with E-state index in [0.29, 0.717) is 47.4 Å². The average Bonchev–Trinajstić information content (AvgIpc) is 3.22. The van der Waals surface area contributed by atoms with Crippen LogP contribution in [0.4, 0.5) is 5.82 Å². The molecule has 7 nitrogen and oxygen atoms in total. The van der Waals surface area contributed by atoms with E-state index in [0.717, 1.165) is 18.7 Å². The number of benzene rings is 1. The maximum absolute atomic E-state index is 13.3. The van der Waals surface area contributed by atoms with Crippen LogP contribution >= 0.6 is 11.6 Å². The average molecular weight is 436 g/mol. The summed E-state index contributed by atoms with van der Waals surface area (Å²) in [5.74, 6) is 1.02. The summed E-state index contributed by atoms with van der Waals surface area (Å²) in [7, 11) is 1.55. The second-order valence-electron chi connectivity index (χ2n) is 7.21. The molecule has 4 rings (SSSR count). The van der Waals surface area contributed by atoms with Gasteiger partial charge in [0.1, 0.15) is 17.6 Å². The molecule has 31 heavy (non-hydrogen) atoms. The van der Waals surface area contributed by atoms with Gasteiger partial charge in [0.2, 0.25) is 0 Å². The summed E-state index contributed by atoms with van der Waals surface area (Å²) in [6.07, 6.45) is 6.23. The van der Waals surface area contributed by atoms with Crippen LogP contribution in [0.5, 0.6) is 5.75 Å². The quantitative estimate of drug-likeness (QED) is 0.623. The fraction of sp³-hybridized carbons (Fsp3) is 0.261. The van der Waals surface area contributed by atoms with E-state index in [1.807, 2.05) is 29.1 Å². The first-order valence-corrected chi connectivity index (χ1v) is 10.4. The summed E-state index contributed by atoms with van der Waals surface area (Å²) in [5, 5.41) is 9.85. The van der Waals surface area contributed by atoms with E-state index >= 15 is 0 Å². The monoisotopic (exact) mass is 435 g/mol. The Balaban J connectivity index is 1.56. The highest BCUT2D eigenvalue weighted by Gasteiger charge is 2.25. The van der Waals surface area contributed by atoms with Crippen molar-refractivity contribution in [3.63, 3.8) is 0 Å². The topological polar surface area (TPSA) is 74.4 Å². The molecule has 8 heteroatoms. The number of aromatic nitrogens is 2. The van der Waals surface area contributed by atoms with E-state index < -0.39 is 0 Å². The van der Waals surface area contributed by atoms with Crippen LogP contribution in [0.2, 0.25) is 5.02 Å². The molecular weight excluding hydrogens is 414 g/mol. The third-order valence-corrected chi connectivity index (χ3v) is 5.67. The number of methoxy groups -OCH3 is 1. The number of rotatable bonds is 4. The van der Waals surface area contributed by atoms with Crippen molar-refractivity contribution in [1.82, 2.24) is 14.5 Å². The SMILES string of the molecule is COc1cc(-n2cccc2)c(Cl)cc1C(=O)N1CCCN(c2ncccc2C#N)CC1. The fourth-order valence-corrected chi connectivity index (χ4v) is 4.07. The number of nitriles is 1. The van der Waals surface area contributed by atoms with Gasteiger partial charge in [-0.15, -0.1) is 0 Å². The number of pyridine rings is 1. The first-order chi connectivity index (χ1) is 15.1. The number of hydrogen-bond donors (Lipinski definition) is 0. The van der Waals surface area contributed by atoms with Gasteiger partial charge in [0.25, 0.3) is 5.91 Å². The normalized spacial score (nSPS) is 14.1. The van der Waals surface area contributed by atoms with Gasteiger partial charge in [0.05, 0.1) is 28.9 Å². The molecule has 1 amide bonds. The summed E-state index contributed by atoms with van der Waals surface area (Å²) in [4.78, 5) is 21.6. The molecule has 0 bridgehead atoms. The lowest BCUT2D eigenvalue weighted by molar-refractivity contribution is 0.0763. The van der Waals surface area contributed by atoms with Gasteiger partial charge in [0.15, 0.2) is 0 Å². The molecule has 1 aliphatic rings. The molecular formula is C23H22ClN5O2. The van der Waals surface area contributed by atoms with E-state index in [4.69, 9.17) is 16.3 Å². The van der Waals surface area contributed by atoms with Crippen molar-refractivity contribution in [2.75, 3.05) is 38.2 Å². The molecule has 3 aromatic rings. The summed E-state index contributed by atoms with van der Waals surface area (Å²) in [6.45, 7) is 2.43. The molecule has 0 aliphatic carbocycles. The standard InChI is InChI=1S/C23H22ClN5O2/c1-31-21-15-20(27-8-2-3-9-27)19(24)14-18(21)23(30)29-11-5-10-28(12-13-29)22-17(16-25)6-4-7-26-22/h2-4,6-9,14-15H,5,10-13H2,1H3. The summed E-state index contributed by atoms with van der Waals surface area (Å²) >= 11 is 6.51. The summed E-state index contributed by atoms with van der Waals surface area (Å²) in [5.41, 5.74) is 1.73. The lowest BCUT2D eigenvalue weighted by Crippen LogP contribution is -2.35. The van der Waals surface area contributed by atoms with Gasteiger partial charge >= 0.3 is 0 Å². The highest BCUT2D eigenvalue weighted by molar-refractivity contribution is 6.33. The van der Waals surface area contributed by atoms with E-state index in [1.165, 1.54) is 0 Å². The minimum absolute atomic E-state index is 0.124. The van der Waals surface area contributed by atoms with Gasteiger partial charge in [-0.3, -0.25) is 4.79 Å². The van der Waals surface area contributed by atoms with Crippen molar-refractivity contribution >= 4 is 23.3 Å². The number of carbonyl (C=O) groups excluding carboxylic acids is 1. The van der Waals surface area contributed by atoms with Crippen LogP contribution in [0.25, 0.3) is 5.69 Å². The second kappa shape index (κ2) is 9.11. The number of nitrogens with zero attached hydrogens (tertiary/aromatic N) is 5. The smallest absolute Gasteiger partial charge is 0.257 e. The molecule has 0 radical (unpaired) electrons. The largest absolute Gasteiger partial charge is 0.496 e. The molecule has 1 aliphatic heterocycles. The van der Waals surface area contributed by atoms with Crippen molar-refractivity contribution in [3.05, 3.63) is 71.1 Å². The summed E-state index contributed by atoms with van der Waals surface area (Å²) < 4.78 is 7.40. The van der Waals surface area contributed by atoms with Gasteiger partial charge < -0.3 is 19.1 Å². The molecule has 3 heterocycles. The minimum atomic E-state index is -0.124. The van der Waals surface area contributed by atoms with Gasteiger partial charge in [-0.1, -0.05) is 11.6 Å². The van der Waals surface area contributed by atoms with Gasteiger partial charge in [-0.2, -0.15) is 5.26 Å². The Bertz CT molecular complexity index is 1120. The number of amides is 1. The Kier molecular flexibility index (Phi) is 6.10. The van der Waals surface area contributed by atoms with E-state index in [-0.39, 0.29) is 5.91 Å². The number of ether oxygens (including phenoxy) is 1. The molecule has 0 spiro atoms.